The van der Waals surface area contributed by atoms with Crippen molar-refractivity contribution in [2.45, 2.75) is 6.04 Å². The van der Waals surface area contributed by atoms with Crippen molar-refractivity contribution in [1.82, 2.24) is 20.0 Å². The van der Waals surface area contributed by atoms with Gasteiger partial charge in [-0.25, -0.2) is 4.68 Å². The molecule has 2 saturated heterocycles. The molecule has 2 aromatic carbocycles. The molecule has 2 fully saturated rings. The molecule has 156 valence electrons. The van der Waals surface area contributed by atoms with Gasteiger partial charge in [0.1, 0.15) is 11.4 Å². The number of nitrogens with one attached hydrogen (secondary N) is 1. The van der Waals surface area contributed by atoms with Crippen LogP contribution >= 0.6 is 12.4 Å². The first-order valence-corrected chi connectivity index (χ1v) is 10.0. The predicted octanol–water partition coefficient (Wildman–Crippen LogP) is 3.34. The summed E-state index contributed by atoms with van der Waals surface area (Å²) in [6.07, 6.45) is 3.46. The minimum Gasteiger partial charge on any atom is -0.494 e. The van der Waals surface area contributed by atoms with Gasteiger partial charge in [-0.05, 0) is 23.6 Å². The molecule has 30 heavy (non-hydrogen) atoms. The van der Waals surface area contributed by atoms with E-state index in [2.05, 4.69) is 22.5 Å². The maximum absolute atomic E-state index is 13.5. The van der Waals surface area contributed by atoms with Gasteiger partial charge >= 0.3 is 0 Å². The lowest BCUT2D eigenvalue weighted by atomic mass is 9.89. The Morgan fingerprint density at radius 1 is 1.10 bits per heavy atom. The molecule has 1 aromatic heterocycles. The monoisotopic (exact) mass is 424 g/mol. The van der Waals surface area contributed by atoms with Crippen LogP contribution in [0.25, 0.3) is 5.69 Å². The third-order valence-electron chi connectivity index (χ3n) is 6.13. The van der Waals surface area contributed by atoms with Crippen molar-refractivity contribution in [3.8, 4) is 11.4 Å². The number of aromatic nitrogens is 2. The van der Waals surface area contributed by atoms with Crippen LogP contribution in [-0.2, 0) is 0 Å². The zero-order valence-electron chi connectivity index (χ0n) is 16.8. The minimum atomic E-state index is 0. The first kappa shape index (κ1) is 20.4. The molecule has 3 atom stereocenters. The van der Waals surface area contributed by atoms with Crippen molar-refractivity contribution in [3.05, 3.63) is 78.1 Å². The van der Waals surface area contributed by atoms with Gasteiger partial charge in [0.15, 0.2) is 0 Å². The lowest BCUT2D eigenvalue weighted by Gasteiger charge is -2.28. The van der Waals surface area contributed by atoms with Gasteiger partial charge in [-0.2, -0.15) is 5.10 Å². The number of amides is 1. The lowest BCUT2D eigenvalue weighted by molar-refractivity contribution is 0.0714. The van der Waals surface area contributed by atoms with Crippen LogP contribution in [0.2, 0.25) is 0 Å². The van der Waals surface area contributed by atoms with E-state index in [1.165, 1.54) is 5.56 Å². The summed E-state index contributed by atoms with van der Waals surface area (Å²) in [4.78, 5) is 15.5. The number of rotatable bonds is 4. The molecule has 3 aromatic rings. The van der Waals surface area contributed by atoms with E-state index in [4.69, 9.17) is 4.74 Å². The van der Waals surface area contributed by atoms with E-state index in [9.17, 15) is 4.79 Å². The second-order valence-electron chi connectivity index (χ2n) is 7.74. The van der Waals surface area contributed by atoms with E-state index >= 15 is 0 Å². The number of halogens is 1. The van der Waals surface area contributed by atoms with Crippen LogP contribution < -0.4 is 10.1 Å². The molecule has 0 aliphatic carbocycles. The summed E-state index contributed by atoms with van der Waals surface area (Å²) in [5.74, 6) is 1.70. The molecule has 2 aliphatic heterocycles. The standard InChI is InChI=1S/C23H24N4O2.ClH/c1-29-21-10-6-5-9-20(21)27-15-18(12-25-27)23(28)26-14-17-11-24-13-19(17)22(26)16-7-3-2-4-8-16;/h2-10,12,15,17,19,22,24H,11,13-14H2,1H3;1H/t17-,19-,22-;/m0./s1. The third-order valence-corrected chi connectivity index (χ3v) is 6.13. The number of carbonyl (C=O) groups excluding carboxylic acids is 1. The van der Waals surface area contributed by atoms with Crippen molar-refractivity contribution >= 4 is 18.3 Å². The van der Waals surface area contributed by atoms with Crippen LogP contribution in [0.3, 0.4) is 0 Å². The second kappa shape index (κ2) is 8.50. The van der Waals surface area contributed by atoms with E-state index in [1.807, 2.05) is 47.4 Å². The fourth-order valence-electron chi connectivity index (χ4n) is 4.76. The van der Waals surface area contributed by atoms with Crippen molar-refractivity contribution < 1.29 is 9.53 Å². The van der Waals surface area contributed by atoms with E-state index in [-0.39, 0.29) is 24.4 Å². The topological polar surface area (TPSA) is 59.4 Å². The van der Waals surface area contributed by atoms with Crippen molar-refractivity contribution in [2.75, 3.05) is 26.7 Å². The molecule has 3 heterocycles. The van der Waals surface area contributed by atoms with Gasteiger partial charge in [0.25, 0.3) is 5.91 Å². The van der Waals surface area contributed by atoms with Gasteiger partial charge in [-0.1, -0.05) is 42.5 Å². The predicted molar refractivity (Wildman–Crippen MR) is 117 cm³/mol. The molecular weight excluding hydrogens is 400 g/mol. The average Bonchev–Trinajstić information content (AvgIpc) is 3.49. The summed E-state index contributed by atoms with van der Waals surface area (Å²) >= 11 is 0. The fraction of sp³-hybridized carbons (Fsp3) is 0.304. The number of likely N-dealkylation sites (tertiary alicyclic amines) is 1. The molecule has 6 nitrogen and oxygen atoms in total. The molecule has 5 rings (SSSR count). The van der Waals surface area contributed by atoms with E-state index in [0.717, 1.165) is 31.1 Å². The van der Waals surface area contributed by atoms with Crippen LogP contribution in [0, 0.1) is 11.8 Å². The van der Waals surface area contributed by atoms with Gasteiger partial charge in [0.2, 0.25) is 0 Å². The minimum absolute atomic E-state index is 0. The highest BCUT2D eigenvalue weighted by molar-refractivity contribution is 5.94. The molecule has 7 heteroatoms. The highest BCUT2D eigenvalue weighted by atomic mass is 35.5. The lowest BCUT2D eigenvalue weighted by Crippen LogP contribution is -2.34. The Kier molecular flexibility index (Phi) is 5.79. The number of carbonyl (C=O) groups is 1. The normalized spacial score (nSPS) is 22.4. The quantitative estimate of drug-likeness (QED) is 0.697. The summed E-state index contributed by atoms with van der Waals surface area (Å²) < 4.78 is 7.14. The SMILES string of the molecule is COc1ccccc1-n1cc(C(=O)N2C[C@@H]3CNC[C@@H]3[C@@H]2c2ccccc2)cn1.Cl. The second-order valence-corrected chi connectivity index (χ2v) is 7.74. The smallest absolute Gasteiger partial charge is 0.257 e. The largest absolute Gasteiger partial charge is 0.494 e. The highest BCUT2D eigenvalue weighted by Crippen LogP contribution is 2.43. The van der Waals surface area contributed by atoms with Crippen molar-refractivity contribution in [3.63, 3.8) is 0 Å². The first-order chi connectivity index (χ1) is 14.3. The zero-order chi connectivity index (χ0) is 19.8. The Morgan fingerprint density at radius 3 is 2.67 bits per heavy atom. The summed E-state index contributed by atoms with van der Waals surface area (Å²) in [6, 6.07) is 18.1. The average molecular weight is 425 g/mol. The Balaban J connectivity index is 0.00000218. The molecule has 0 radical (unpaired) electrons. The summed E-state index contributed by atoms with van der Waals surface area (Å²) in [7, 11) is 1.63. The van der Waals surface area contributed by atoms with Gasteiger partial charge in [0.05, 0.1) is 24.9 Å². The Morgan fingerprint density at radius 2 is 1.87 bits per heavy atom. The number of ether oxygens (including phenoxy) is 1. The van der Waals surface area contributed by atoms with Crippen LogP contribution in [0.4, 0.5) is 0 Å². The summed E-state index contributed by atoms with van der Waals surface area (Å²) in [6.45, 7) is 2.70. The number of benzene rings is 2. The maximum Gasteiger partial charge on any atom is 0.257 e. The highest BCUT2D eigenvalue weighted by Gasteiger charge is 2.46. The Hall–Kier alpha value is -2.83. The van der Waals surface area contributed by atoms with Crippen LogP contribution in [0.1, 0.15) is 22.0 Å². The molecule has 0 bridgehead atoms. The number of para-hydroxylation sites is 2. The first-order valence-electron chi connectivity index (χ1n) is 10.0. The summed E-state index contributed by atoms with van der Waals surface area (Å²) in [5, 5.41) is 7.93. The third kappa shape index (κ3) is 3.46. The fourth-order valence-corrected chi connectivity index (χ4v) is 4.76. The molecule has 1 amide bonds. The molecule has 2 aliphatic rings. The van der Waals surface area contributed by atoms with Gasteiger partial charge in [-0.15, -0.1) is 12.4 Å². The van der Waals surface area contributed by atoms with E-state index in [0.29, 0.717) is 17.4 Å². The Bertz CT molecular complexity index is 1020. The number of nitrogens with zero attached hydrogens (tertiary/aromatic N) is 3. The van der Waals surface area contributed by atoms with E-state index in [1.54, 1.807) is 24.2 Å². The van der Waals surface area contributed by atoms with E-state index < -0.39 is 0 Å². The Labute approximate surface area is 182 Å². The maximum atomic E-state index is 13.5. The van der Waals surface area contributed by atoms with Gasteiger partial charge in [0, 0.05) is 31.7 Å². The molecule has 1 N–H and O–H groups in total. The molecular formula is C23H25ClN4O2. The molecule has 0 spiro atoms. The summed E-state index contributed by atoms with van der Waals surface area (Å²) in [5.41, 5.74) is 2.62. The van der Waals surface area contributed by atoms with Crippen molar-refractivity contribution in [1.29, 1.82) is 0 Å². The number of hydrogen-bond acceptors (Lipinski definition) is 4. The number of hydrogen-bond donors (Lipinski definition) is 1. The van der Waals surface area contributed by atoms with Crippen LogP contribution in [0.5, 0.6) is 5.75 Å². The van der Waals surface area contributed by atoms with Gasteiger partial charge < -0.3 is 15.0 Å². The molecule has 0 saturated carbocycles. The number of methoxy groups -OCH3 is 1. The number of fused-ring (bicyclic) bond motifs is 1. The van der Waals surface area contributed by atoms with Crippen LogP contribution in [-0.4, -0.2) is 47.3 Å². The van der Waals surface area contributed by atoms with Crippen LogP contribution in [0.15, 0.2) is 67.0 Å². The van der Waals surface area contributed by atoms with Crippen molar-refractivity contribution in [2.24, 2.45) is 11.8 Å². The molecule has 0 unspecified atom stereocenters. The zero-order valence-corrected chi connectivity index (χ0v) is 17.6. The van der Waals surface area contributed by atoms with Gasteiger partial charge in [-0.3, -0.25) is 4.79 Å².